The molecule has 1 N–H and O–H groups in total. The van der Waals surface area contributed by atoms with E-state index >= 15 is 0 Å². The maximum Gasteiger partial charge on any atom is 0.167 e. The summed E-state index contributed by atoms with van der Waals surface area (Å²) >= 11 is 3.42. The number of hydrogen-bond acceptors (Lipinski definition) is 3. The Morgan fingerprint density at radius 2 is 2.47 bits per heavy atom. The molecule has 0 aliphatic heterocycles. The van der Waals surface area contributed by atoms with Gasteiger partial charge in [0.05, 0.1) is 12.1 Å². The molecule has 0 aliphatic rings. The standard InChI is InChI=1S/C10H9BrN4/c1-13-6-9-14-8(5-12)10-7(11)3-2-4-15(9)10/h2-4,13H,6H2,1H3. The van der Waals surface area contributed by atoms with E-state index in [1.165, 1.54) is 0 Å². The van der Waals surface area contributed by atoms with Crippen molar-refractivity contribution in [1.29, 1.82) is 5.26 Å². The van der Waals surface area contributed by atoms with Gasteiger partial charge >= 0.3 is 0 Å². The lowest BCUT2D eigenvalue weighted by Crippen LogP contribution is -2.08. The van der Waals surface area contributed by atoms with Crippen LogP contribution < -0.4 is 5.32 Å². The van der Waals surface area contributed by atoms with Crippen LogP contribution in [0.1, 0.15) is 11.5 Å². The molecule has 2 aromatic heterocycles. The normalized spacial score (nSPS) is 10.5. The molecular formula is C10H9BrN4. The SMILES string of the molecule is CNCc1nc(C#N)c2c(Br)cccn12. The van der Waals surface area contributed by atoms with Gasteiger partial charge in [0.2, 0.25) is 0 Å². The van der Waals surface area contributed by atoms with Crippen molar-refractivity contribution < 1.29 is 0 Å². The molecule has 2 aromatic rings. The van der Waals surface area contributed by atoms with Crippen LogP contribution in [0.5, 0.6) is 0 Å². The second-order valence-electron chi connectivity index (χ2n) is 3.09. The fourth-order valence-corrected chi connectivity index (χ4v) is 2.05. The highest BCUT2D eigenvalue weighted by molar-refractivity contribution is 9.10. The Morgan fingerprint density at radius 1 is 1.67 bits per heavy atom. The summed E-state index contributed by atoms with van der Waals surface area (Å²) in [6.45, 7) is 0.638. The Kier molecular flexibility index (Phi) is 2.71. The number of rotatable bonds is 2. The fraction of sp³-hybridized carbons (Fsp3) is 0.200. The number of imidazole rings is 1. The zero-order valence-electron chi connectivity index (χ0n) is 8.16. The molecule has 0 spiro atoms. The molecule has 2 heterocycles. The van der Waals surface area contributed by atoms with Crippen LogP contribution in [0.25, 0.3) is 5.52 Å². The number of nitriles is 1. The van der Waals surface area contributed by atoms with E-state index in [0.29, 0.717) is 12.2 Å². The Balaban J connectivity index is 2.76. The van der Waals surface area contributed by atoms with Crippen molar-refractivity contribution in [3.63, 3.8) is 0 Å². The first-order valence-corrected chi connectivity index (χ1v) is 5.27. The van der Waals surface area contributed by atoms with Gasteiger partial charge in [0.1, 0.15) is 11.9 Å². The molecule has 76 valence electrons. The first-order chi connectivity index (χ1) is 7.27. The molecule has 0 atom stereocenters. The second-order valence-corrected chi connectivity index (χ2v) is 3.95. The van der Waals surface area contributed by atoms with Crippen LogP contribution in [0.2, 0.25) is 0 Å². The van der Waals surface area contributed by atoms with Crippen LogP contribution in [0.3, 0.4) is 0 Å². The summed E-state index contributed by atoms with van der Waals surface area (Å²) in [5, 5.41) is 12.0. The summed E-state index contributed by atoms with van der Waals surface area (Å²) in [5.74, 6) is 0.838. The first-order valence-electron chi connectivity index (χ1n) is 4.48. The molecule has 0 amide bonds. The van der Waals surface area contributed by atoms with Crippen molar-refractivity contribution in [1.82, 2.24) is 14.7 Å². The highest BCUT2D eigenvalue weighted by atomic mass is 79.9. The van der Waals surface area contributed by atoms with Crippen molar-refractivity contribution in [2.24, 2.45) is 0 Å². The van der Waals surface area contributed by atoms with E-state index in [-0.39, 0.29) is 0 Å². The van der Waals surface area contributed by atoms with Crippen LogP contribution in [0.15, 0.2) is 22.8 Å². The van der Waals surface area contributed by atoms with E-state index < -0.39 is 0 Å². The largest absolute Gasteiger partial charge is 0.313 e. The monoisotopic (exact) mass is 264 g/mol. The molecule has 0 unspecified atom stereocenters. The average Bonchev–Trinajstić information content (AvgIpc) is 2.59. The van der Waals surface area contributed by atoms with E-state index in [0.717, 1.165) is 15.8 Å². The van der Waals surface area contributed by atoms with Gasteiger partial charge in [-0.25, -0.2) is 4.98 Å². The van der Waals surface area contributed by atoms with E-state index in [4.69, 9.17) is 5.26 Å². The number of hydrogen-bond donors (Lipinski definition) is 1. The fourth-order valence-electron chi connectivity index (χ4n) is 1.52. The molecule has 0 aliphatic carbocycles. The summed E-state index contributed by atoms with van der Waals surface area (Å²) in [4.78, 5) is 4.27. The predicted octanol–water partition coefficient (Wildman–Crippen LogP) is 1.69. The van der Waals surface area contributed by atoms with Crippen LogP contribution in [-0.4, -0.2) is 16.4 Å². The van der Waals surface area contributed by atoms with E-state index in [9.17, 15) is 0 Å². The van der Waals surface area contributed by atoms with Crippen molar-refractivity contribution in [3.8, 4) is 6.07 Å². The van der Waals surface area contributed by atoms with Gasteiger partial charge in [-0.2, -0.15) is 5.26 Å². The lowest BCUT2D eigenvalue weighted by Gasteiger charge is -2.00. The molecular weight excluding hydrogens is 256 g/mol. The minimum absolute atomic E-state index is 0.452. The Bertz CT molecular complexity index is 538. The third-order valence-electron chi connectivity index (χ3n) is 2.13. The molecule has 0 saturated carbocycles. The van der Waals surface area contributed by atoms with Gasteiger partial charge in [-0.15, -0.1) is 0 Å². The van der Waals surface area contributed by atoms with Crippen molar-refractivity contribution in [3.05, 3.63) is 34.3 Å². The van der Waals surface area contributed by atoms with Gasteiger partial charge in [-0.05, 0) is 35.1 Å². The number of fused-ring (bicyclic) bond motifs is 1. The van der Waals surface area contributed by atoms with E-state index in [2.05, 4.69) is 32.3 Å². The van der Waals surface area contributed by atoms with Crippen LogP contribution >= 0.6 is 15.9 Å². The van der Waals surface area contributed by atoms with Gasteiger partial charge in [0, 0.05) is 10.7 Å². The molecule has 5 heteroatoms. The minimum atomic E-state index is 0.452. The zero-order valence-corrected chi connectivity index (χ0v) is 9.74. The summed E-state index contributed by atoms with van der Waals surface area (Å²) in [7, 11) is 1.85. The van der Waals surface area contributed by atoms with Gasteiger partial charge in [0.25, 0.3) is 0 Å². The Hall–Kier alpha value is -1.38. The molecule has 0 radical (unpaired) electrons. The minimum Gasteiger partial charge on any atom is -0.313 e. The highest BCUT2D eigenvalue weighted by Gasteiger charge is 2.11. The van der Waals surface area contributed by atoms with Crippen LogP contribution in [0, 0.1) is 11.3 Å². The topological polar surface area (TPSA) is 53.1 Å². The average molecular weight is 265 g/mol. The smallest absolute Gasteiger partial charge is 0.167 e. The summed E-state index contributed by atoms with van der Waals surface area (Å²) in [6.07, 6.45) is 1.90. The maximum absolute atomic E-state index is 8.97. The molecule has 4 nitrogen and oxygen atoms in total. The number of halogens is 1. The number of nitrogens with one attached hydrogen (secondary N) is 1. The third kappa shape index (κ3) is 1.62. The number of pyridine rings is 1. The zero-order chi connectivity index (χ0) is 10.8. The molecule has 0 aromatic carbocycles. The molecule has 0 saturated heterocycles. The van der Waals surface area contributed by atoms with Gasteiger partial charge < -0.3 is 9.72 Å². The van der Waals surface area contributed by atoms with E-state index in [1.54, 1.807) is 0 Å². The van der Waals surface area contributed by atoms with Gasteiger partial charge in [-0.3, -0.25) is 0 Å². The maximum atomic E-state index is 8.97. The Morgan fingerprint density at radius 3 is 3.13 bits per heavy atom. The van der Waals surface area contributed by atoms with Gasteiger partial charge in [0.15, 0.2) is 5.69 Å². The second kappa shape index (κ2) is 4.01. The van der Waals surface area contributed by atoms with Crippen LogP contribution in [-0.2, 0) is 6.54 Å². The van der Waals surface area contributed by atoms with Crippen molar-refractivity contribution in [2.75, 3.05) is 7.05 Å². The molecule has 2 rings (SSSR count). The van der Waals surface area contributed by atoms with Crippen molar-refractivity contribution >= 4 is 21.4 Å². The molecule has 15 heavy (non-hydrogen) atoms. The first kappa shape index (κ1) is 10.1. The third-order valence-corrected chi connectivity index (χ3v) is 2.77. The highest BCUT2D eigenvalue weighted by Crippen LogP contribution is 2.22. The predicted molar refractivity (Wildman–Crippen MR) is 60.4 cm³/mol. The quantitative estimate of drug-likeness (QED) is 0.898. The molecule has 0 fully saturated rings. The lowest BCUT2D eigenvalue weighted by molar-refractivity contribution is 0.754. The number of aromatic nitrogens is 2. The summed E-state index contributed by atoms with van der Waals surface area (Å²) < 4.78 is 2.80. The van der Waals surface area contributed by atoms with Gasteiger partial charge in [-0.1, -0.05) is 0 Å². The van der Waals surface area contributed by atoms with Crippen LogP contribution in [0.4, 0.5) is 0 Å². The summed E-state index contributed by atoms with van der Waals surface area (Å²) in [6, 6.07) is 5.92. The Labute approximate surface area is 95.7 Å². The van der Waals surface area contributed by atoms with E-state index in [1.807, 2.05) is 29.8 Å². The lowest BCUT2D eigenvalue weighted by atomic mass is 10.3. The molecule has 0 bridgehead atoms. The van der Waals surface area contributed by atoms with Crippen molar-refractivity contribution in [2.45, 2.75) is 6.54 Å². The number of nitrogens with zero attached hydrogens (tertiary/aromatic N) is 3. The summed E-state index contributed by atoms with van der Waals surface area (Å²) in [5.41, 5.74) is 1.28.